The summed E-state index contributed by atoms with van der Waals surface area (Å²) in [5.74, 6) is -1.36. The molecular weight excluding hydrogens is 815 g/mol. The predicted octanol–water partition coefficient (Wildman–Crippen LogP) is 2.77. The Morgan fingerprint density at radius 3 is 2.41 bits per heavy atom. The molecule has 9 rings (SSSR count). The summed E-state index contributed by atoms with van der Waals surface area (Å²) < 4.78 is 63.1. The van der Waals surface area contributed by atoms with Gasteiger partial charge in [0.2, 0.25) is 11.8 Å². The van der Waals surface area contributed by atoms with Crippen molar-refractivity contribution in [1.29, 1.82) is 5.26 Å². The molecule has 20 heteroatoms. The first-order valence-electron chi connectivity index (χ1n) is 19.3. The molecule has 3 saturated heterocycles. The fourth-order valence-corrected chi connectivity index (χ4v) is 9.40. The van der Waals surface area contributed by atoms with Crippen LogP contribution >= 0.6 is 0 Å². The van der Waals surface area contributed by atoms with Crippen molar-refractivity contribution in [2.75, 3.05) is 42.5 Å². The first-order valence-corrected chi connectivity index (χ1v) is 20.8. The first kappa shape index (κ1) is 39.6. The van der Waals surface area contributed by atoms with Crippen molar-refractivity contribution < 1.29 is 36.3 Å². The molecule has 6 heterocycles. The van der Waals surface area contributed by atoms with E-state index in [9.17, 15) is 37.2 Å². The molecule has 4 aliphatic rings. The molecule has 61 heavy (non-hydrogen) atoms. The van der Waals surface area contributed by atoms with E-state index in [0.29, 0.717) is 66.0 Å². The minimum absolute atomic E-state index is 0.0320. The summed E-state index contributed by atoms with van der Waals surface area (Å²) in [5.41, 5.74) is -0.221. The van der Waals surface area contributed by atoms with E-state index in [0.717, 1.165) is 29.4 Å². The lowest BCUT2D eigenvalue weighted by atomic mass is 9.88. The minimum atomic E-state index is -4.43. The number of anilines is 2. The van der Waals surface area contributed by atoms with Crippen LogP contribution in [0.25, 0.3) is 16.6 Å². The zero-order valence-corrected chi connectivity index (χ0v) is 33.0. The van der Waals surface area contributed by atoms with Crippen LogP contribution in [0.3, 0.4) is 0 Å². The van der Waals surface area contributed by atoms with Crippen molar-refractivity contribution in [2.24, 2.45) is 5.14 Å². The topological polar surface area (TPSA) is 217 Å². The van der Waals surface area contributed by atoms with Crippen molar-refractivity contribution in [3.05, 3.63) is 112 Å². The number of amides is 3. The number of ether oxygens (including phenoxy) is 1. The number of carbonyl (C=O) groups excluding carboxylic acids is 3. The summed E-state index contributed by atoms with van der Waals surface area (Å²) >= 11 is 0. The Balaban J connectivity index is 0.886. The van der Waals surface area contributed by atoms with E-state index in [-0.39, 0.29) is 47.2 Å². The number of hydrogen-bond donors (Lipinski definition) is 2. The molecule has 3 aromatic carbocycles. The van der Waals surface area contributed by atoms with Gasteiger partial charge in [-0.15, -0.1) is 0 Å². The number of imide groups is 1. The number of fused-ring (bicyclic) bond motifs is 2. The second-order valence-corrected chi connectivity index (χ2v) is 16.7. The average Bonchev–Trinajstić information content (AvgIpc) is 3.77. The molecule has 3 atom stereocenters. The van der Waals surface area contributed by atoms with Gasteiger partial charge in [-0.3, -0.25) is 29.1 Å². The second kappa shape index (κ2) is 15.0. The summed E-state index contributed by atoms with van der Waals surface area (Å²) in [6.45, 7) is 2.54. The van der Waals surface area contributed by atoms with Crippen LogP contribution in [0.1, 0.15) is 40.7 Å². The Morgan fingerprint density at radius 2 is 1.69 bits per heavy atom. The summed E-state index contributed by atoms with van der Waals surface area (Å²) in [6.07, 6.45) is 2.98. The Bertz CT molecular complexity index is 2870. The number of rotatable bonds is 8. The van der Waals surface area contributed by atoms with Crippen molar-refractivity contribution in [3.8, 4) is 23.3 Å². The summed E-state index contributed by atoms with van der Waals surface area (Å²) in [5, 5.41) is 17.5. The molecule has 3 amide bonds. The van der Waals surface area contributed by atoms with Gasteiger partial charge < -0.3 is 19.4 Å². The largest absolute Gasteiger partial charge is 0.457 e. The number of nitrogens with one attached hydrogen (secondary N) is 1. The molecule has 0 aliphatic carbocycles. The average molecular weight is 851 g/mol. The van der Waals surface area contributed by atoms with Gasteiger partial charge >= 0.3 is 0 Å². The first-order chi connectivity index (χ1) is 29.2. The fraction of sp³-hybridized carbons (Fsp3) is 0.293. The highest BCUT2D eigenvalue weighted by Crippen LogP contribution is 2.47. The summed E-state index contributed by atoms with van der Waals surface area (Å²) in [7, 11) is -4.43. The number of pyridine rings is 1. The monoisotopic (exact) mass is 850 g/mol. The van der Waals surface area contributed by atoms with Crippen LogP contribution in [0.15, 0.2) is 84.0 Å². The van der Waals surface area contributed by atoms with E-state index < -0.39 is 51.7 Å². The third-order valence-corrected chi connectivity index (χ3v) is 12.7. The number of hydrogen-bond acceptors (Lipinski definition) is 12. The molecule has 3 N–H and O–H groups in total. The van der Waals surface area contributed by atoms with Crippen LogP contribution in [-0.4, -0.2) is 94.7 Å². The van der Waals surface area contributed by atoms with Crippen molar-refractivity contribution >= 4 is 50.3 Å². The predicted molar refractivity (Wildman–Crippen MR) is 215 cm³/mol. The SMILES string of the molecule is N#CC1N(S(N)(=O)=O)CCC1(F)c1ccc(F)cc1Oc1ccc2ncn(-c3ccc(N4CCN(c5ccc6c(c5)CN(C5CCC(=O)NC5=O)C6=O)CC4)nc3)c(=O)c2c1. The van der Waals surface area contributed by atoms with Gasteiger partial charge in [-0.25, -0.2) is 23.9 Å². The highest BCUT2D eigenvalue weighted by atomic mass is 32.2. The molecule has 3 unspecified atom stereocenters. The Hall–Kier alpha value is -6.82. The normalized spacial score (nSPS) is 22.1. The van der Waals surface area contributed by atoms with Gasteiger partial charge in [-0.05, 0) is 72.6 Å². The molecule has 0 radical (unpaired) electrons. The summed E-state index contributed by atoms with van der Waals surface area (Å²) in [6, 6.07) is 15.7. The van der Waals surface area contributed by atoms with E-state index in [1.54, 1.807) is 30.5 Å². The number of aromatic nitrogens is 3. The number of alkyl halides is 1. The van der Waals surface area contributed by atoms with Gasteiger partial charge in [0.05, 0.1) is 28.9 Å². The lowest BCUT2D eigenvalue weighted by molar-refractivity contribution is -0.136. The number of nitriles is 1. The molecular formula is C41H36F2N10O7S. The van der Waals surface area contributed by atoms with E-state index in [2.05, 4.69) is 25.1 Å². The lowest BCUT2D eigenvalue weighted by Gasteiger charge is -2.37. The number of nitrogens with zero attached hydrogens (tertiary/aromatic N) is 8. The molecule has 5 aromatic rings. The number of piperidine rings is 1. The number of benzene rings is 3. The van der Waals surface area contributed by atoms with Crippen LogP contribution in [0.5, 0.6) is 11.5 Å². The molecule has 0 saturated carbocycles. The van der Waals surface area contributed by atoms with Crippen molar-refractivity contribution in [2.45, 2.75) is 43.6 Å². The number of halogens is 2. The molecule has 0 bridgehead atoms. The number of carbonyl (C=O) groups is 3. The van der Waals surface area contributed by atoms with Crippen molar-refractivity contribution in [3.63, 3.8) is 0 Å². The van der Waals surface area contributed by atoms with Crippen molar-refractivity contribution in [1.82, 2.24) is 29.1 Å². The minimum Gasteiger partial charge on any atom is -0.457 e. The zero-order valence-electron chi connectivity index (χ0n) is 32.2. The maximum absolute atomic E-state index is 16.6. The van der Waals surface area contributed by atoms with Crippen LogP contribution in [0.2, 0.25) is 0 Å². The highest BCUT2D eigenvalue weighted by molar-refractivity contribution is 7.86. The third-order valence-electron chi connectivity index (χ3n) is 11.7. The third kappa shape index (κ3) is 7.09. The standard InChI is InChI=1S/C41H36F2N10O7S/c42-25-1-6-31(41(43)11-12-53(35(41)20-44)61(45,58)59)34(18-25)60-28-4-7-32-30(19-28)40(57)52(23-47-32)27-3-9-36(46-21-27)50-15-13-49(14-16-50)26-2-5-29-24(17-26)22-51(39(29)56)33-8-10-37(54)48-38(33)55/h1-7,9,17-19,21,23,33,35H,8,10-16,22H2,(H2,45,58,59)(H,48,54,55). The highest BCUT2D eigenvalue weighted by Gasteiger charge is 2.54. The second-order valence-electron chi connectivity index (χ2n) is 15.2. The van der Waals surface area contributed by atoms with Crippen LogP contribution < -0.4 is 30.6 Å². The van der Waals surface area contributed by atoms with Gasteiger partial charge in [-0.1, -0.05) is 0 Å². The van der Waals surface area contributed by atoms with Crippen LogP contribution in [-0.2, 0) is 32.0 Å². The number of piperazine rings is 1. The van der Waals surface area contributed by atoms with Crippen LogP contribution in [0.4, 0.5) is 20.3 Å². The fourth-order valence-electron chi connectivity index (χ4n) is 8.55. The van der Waals surface area contributed by atoms with Gasteiger partial charge in [0.1, 0.15) is 35.5 Å². The molecule has 2 aromatic heterocycles. The Labute approximate surface area is 346 Å². The van der Waals surface area contributed by atoms with E-state index >= 15 is 4.39 Å². The van der Waals surface area contributed by atoms with Gasteiger partial charge in [-0.2, -0.15) is 18.0 Å². The maximum Gasteiger partial charge on any atom is 0.278 e. The van der Waals surface area contributed by atoms with Gasteiger partial charge in [0.15, 0.2) is 11.7 Å². The van der Waals surface area contributed by atoms with Gasteiger partial charge in [0.25, 0.3) is 21.7 Å². The van der Waals surface area contributed by atoms with Crippen LogP contribution in [0, 0.1) is 17.1 Å². The summed E-state index contributed by atoms with van der Waals surface area (Å²) in [4.78, 5) is 66.0. The molecule has 4 aliphatic heterocycles. The quantitative estimate of drug-likeness (QED) is 0.216. The Kier molecular flexibility index (Phi) is 9.76. The molecule has 17 nitrogen and oxygen atoms in total. The van der Waals surface area contributed by atoms with E-state index in [4.69, 9.17) is 9.88 Å². The van der Waals surface area contributed by atoms with E-state index in [1.165, 1.54) is 34.0 Å². The van der Waals surface area contributed by atoms with Gasteiger partial charge in [0, 0.05) is 75.0 Å². The van der Waals surface area contributed by atoms with E-state index in [1.807, 2.05) is 12.1 Å². The molecule has 3 fully saturated rings. The number of nitrogens with two attached hydrogens (primary N) is 1. The zero-order chi connectivity index (χ0) is 42.8. The smallest absolute Gasteiger partial charge is 0.278 e. The Morgan fingerprint density at radius 1 is 0.918 bits per heavy atom. The molecule has 312 valence electrons. The lowest BCUT2D eigenvalue weighted by Crippen LogP contribution is -2.52. The maximum atomic E-state index is 16.6. The molecule has 0 spiro atoms.